The van der Waals surface area contributed by atoms with E-state index in [2.05, 4.69) is 17.1 Å². The molecule has 28 heavy (non-hydrogen) atoms. The molecule has 1 saturated heterocycles. The predicted octanol–water partition coefficient (Wildman–Crippen LogP) is 4.06. The molecule has 1 fully saturated rings. The first-order chi connectivity index (χ1) is 13.6. The van der Waals surface area contributed by atoms with E-state index in [1.54, 1.807) is 12.1 Å². The summed E-state index contributed by atoms with van der Waals surface area (Å²) in [6, 6.07) is 12.8. The van der Waals surface area contributed by atoms with Crippen molar-refractivity contribution in [3.8, 4) is 0 Å². The maximum atomic E-state index is 12.9. The van der Waals surface area contributed by atoms with Gasteiger partial charge in [-0.3, -0.25) is 9.59 Å². The van der Waals surface area contributed by atoms with Crippen LogP contribution < -0.4 is 10.2 Å². The smallest absolute Gasteiger partial charge is 0.257 e. The average molecular weight is 398 g/mol. The van der Waals surface area contributed by atoms with Crippen LogP contribution in [0.4, 0.5) is 5.69 Å². The number of carbonyl (C=O) groups excluding carboxylic acids is 2. The fraction of sp³-hybridized carbons (Fsp3) is 0.364. The van der Waals surface area contributed by atoms with Gasteiger partial charge in [0.25, 0.3) is 11.8 Å². The van der Waals surface area contributed by atoms with E-state index < -0.39 is 0 Å². The highest BCUT2D eigenvalue weighted by molar-refractivity contribution is 6.31. The minimum absolute atomic E-state index is 0.0763. The van der Waals surface area contributed by atoms with Crippen LogP contribution in [0.1, 0.15) is 52.5 Å². The summed E-state index contributed by atoms with van der Waals surface area (Å²) < 4.78 is 0. The van der Waals surface area contributed by atoms with Crippen LogP contribution in [0.15, 0.2) is 42.5 Å². The predicted molar refractivity (Wildman–Crippen MR) is 111 cm³/mol. The lowest BCUT2D eigenvalue weighted by Gasteiger charge is -2.47. The van der Waals surface area contributed by atoms with Crippen molar-refractivity contribution in [2.75, 3.05) is 18.0 Å². The third-order valence-corrected chi connectivity index (χ3v) is 6.00. The number of nitrogens with zero attached hydrogens (tertiary/aromatic N) is 2. The minimum atomic E-state index is -0.169. The molecule has 1 unspecified atom stereocenters. The van der Waals surface area contributed by atoms with Crippen LogP contribution in [0.5, 0.6) is 0 Å². The Labute approximate surface area is 170 Å². The Morgan fingerprint density at radius 3 is 2.82 bits per heavy atom. The molecule has 1 atom stereocenters. The van der Waals surface area contributed by atoms with E-state index in [1.165, 1.54) is 0 Å². The monoisotopic (exact) mass is 397 g/mol. The minimum Gasteiger partial charge on any atom is -0.351 e. The lowest BCUT2D eigenvalue weighted by molar-refractivity contribution is 0.0582. The van der Waals surface area contributed by atoms with E-state index in [-0.39, 0.29) is 18.0 Å². The van der Waals surface area contributed by atoms with E-state index in [4.69, 9.17) is 11.6 Å². The lowest BCUT2D eigenvalue weighted by atomic mass is 9.97. The van der Waals surface area contributed by atoms with Crippen molar-refractivity contribution >= 4 is 29.1 Å². The normalized spacial score (nSPS) is 18.5. The number of halogens is 1. The Morgan fingerprint density at radius 1 is 1.21 bits per heavy atom. The van der Waals surface area contributed by atoms with Gasteiger partial charge in [0.1, 0.15) is 6.17 Å². The Morgan fingerprint density at radius 2 is 2.04 bits per heavy atom. The molecule has 2 aromatic carbocycles. The third kappa shape index (κ3) is 3.35. The Balaban J connectivity index is 1.58. The fourth-order valence-corrected chi connectivity index (χ4v) is 4.38. The molecule has 1 N–H and O–H groups in total. The molecule has 0 aliphatic carbocycles. The number of hydrogen-bond acceptors (Lipinski definition) is 3. The molecule has 0 aromatic heterocycles. The van der Waals surface area contributed by atoms with Gasteiger partial charge in [-0.05, 0) is 56.0 Å². The first kappa shape index (κ1) is 18.8. The number of fused-ring (bicyclic) bond motifs is 2. The molecule has 2 aromatic rings. The quantitative estimate of drug-likeness (QED) is 0.846. The maximum absolute atomic E-state index is 12.9. The largest absolute Gasteiger partial charge is 0.351 e. The highest BCUT2D eigenvalue weighted by atomic mass is 35.5. The van der Waals surface area contributed by atoms with Crippen LogP contribution in [-0.2, 0) is 6.54 Å². The molecule has 146 valence electrons. The number of anilines is 1. The van der Waals surface area contributed by atoms with Gasteiger partial charge in [-0.2, -0.15) is 0 Å². The van der Waals surface area contributed by atoms with E-state index in [0.29, 0.717) is 22.7 Å². The molecular weight excluding hydrogens is 374 g/mol. The summed E-state index contributed by atoms with van der Waals surface area (Å²) in [5.74, 6) is -0.0929. The number of hydrogen-bond donors (Lipinski definition) is 1. The topological polar surface area (TPSA) is 52.7 Å². The zero-order valence-electron chi connectivity index (χ0n) is 16.0. The van der Waals surface area contributed by atoms with Crippen LogP contribution in [-0.4, -0.2) is 36.0 Å². The van der Waals surface area contributed by atoms with Crippen molar-refractivity contribution in [2.45, 2.75) is 38.9 Å². The lowest BCUT2D eigenvalue weighted by Crippen LogP contribution is -2.57. The molecule has 2 amide bonds. The molecule has 0 bridgehead atoms. The summed E-state index contributed by atoms with van der Waals surface area (Å²) in [6.45, 7) is 4.06. The highest BCUT2D eigenvalue weighted by Gasteiger charge is 2.38. The van der Waals surface area contributed by atoms with Gasteiger partial charge in [-0.25, -0.2) is 0 Å². The molecule has 2 aliphatic heterocycles. The van der Waals surface area contributed by atoms with Gasteiger partial charge < -0.3 is 15.1 Å². The zero-order chi connectivity index (χ0) is 19.7. The van der Waals surface area contributed by atoms with E-state index in [0.717, 1.165) is 43.6 Å². The summed E-state index contributed by atoms with van der Waals surface area (Å²) in [5, 5.41) is 3.56. The summed E-state index contributed by atoms with van der Waals surface area (Å²) in [7, 11) is 0. The number of rotatable bonds is 4. The third-order valence-electron chi connectivity index (χ3n) is 5.63. The summed E-state index contributed by atoms with van der Waals surface area (Å²) >= 11 is 6.17. The fourth-order valence-electron chi connectivity index (χ4n) is 4.18. The second-order valence-corrected chi connectivity index (χ2v) is 7.67. The maximum Gasteiger partial charge on any atom is 0.257 e. The molecule has 0 radical (unpaired) electrons. The molecule has 2 heterocycles. The van der Waals surface area contributed by atoms with Gasteiger partial charge in [0, 0.05) is 30.2 Å². The first-order valence-electron chi connectivity index (χ1n) is 9.83. The molecule has 6 heteroatoms. The first-order valence-corrected chi connectivity index (χ1v) is 10.2. The average Bonchev–Trinajstić information content (AvgIpc) is 2.73. The van der Waals surface area contributed by atoms with Gasteiger partial charge in [-0.15, -0.1) is 0 Å². The van der Waals surface area contributed by atoms with Crippen molar-refractivity contribution in [2.24, 2.45) is 0 Å². The summed E-state index contributed by atoms with van der Waals surface area (Å²) in [5.41, 5.74) is 2.98. The van der Waals surface area contributed by atoms with E-state index in [9.17, 15) is 9.59 Å². The molecule has 0 saturated carbocycles. The van der Waals surface area contributed by atoms with Crippen molar-refractivity contribution in [1.29, 1.82) is 0 Å². The van der Waals surface area contributed by atoms with Crippen LogP contribution in [0.25, 0.3) is 0 Å². The van der Waals surface area contributed by atoms with E-state index >= 15 is 0 Å². The van der Waals surface area contributed by atoms with Crippen molar-refractivity contribution < 1.29 is 9.59 Å². The van der Waals surface area contributed by atoms with Crippen LogP contribution >= 0.6 is 11.6 Å². The van der Waals surface area contributed by atoms with Crippen LogP contribution in [0, 0.1) is 0 Å². The Bertz CT molecular complexity index is 914. The molecular formula is C22H24ClN3O2. The Kier molecular flexibility index (Phi) is 5.27. The molecule has 0 spiro atoms. The number of amides is 2. The number of benzene rings is 2. The van der Waals surface area contributed by atoms with Gasteiger partial charge in [0.05, 0.1) is 11.3 Å². The standard InChI is InChI=1S/C22H24ClN3O2/c1-2-25-19-13-15(21(27)24-14-16-7-3-4-8-18(16)23)10-11-17(19)22(28)26-12-6-5-9-20(25)26/h3-4,7-8,10-11,13,20H,2,5-6,9,12,14H2,1H3,(H,24,27). The number of piperidine rings is 1. The second kappa shape index (κ2) is 7.84. The molecule has 4 rings (SSSR count). The second-order valence-electron chi connectivity index (χ2n) is 7.27. The SMILES string of the molecule is CCN1c2cc(C(=O)NCc3ccccc3Cl)ccc2C(=O)N2CCCCC21. The van der Waals surface area contributed by atoms with Crippen LogP contribution in [0.2, 0.25) is 5.02 Å². The van der Waals surface area contributed by atoms with E-state index in [1.807, 2.05) is 35.2 Å². The molecule has 2 aliphatic rings. The van der Waals surface area contributed by atoms with Crippen LogP contribution in [0.3, 0.4) is 0 Å². The highest BCUT2D eigenvalue weighted by Crippen LogP contribution is 2.35. The summed E-state index contributed by atoms with van der Waals surface area (Å²) in [6.07, 6.45) is 3.25. The number of nitrogens with one attached hydrogen (secondary N) is 1. The van der Waals surface area contributed by atoms with Gasteiger partial charge in [0.15, 0.2) is 0 Å². The van der Waals surface area contributed by atoms with Gasteiger partial charge in [0.2, 0.25) is 0 Å². The van der Waals surface area contributed by atoms with Crippen molar-refractivity contribution in [3.63, 3.8) is 0 Å². The van der Waals surface area contributed by atoms with Gasteiger partial charge in [-0.1, -0.05) is 29.8 Å². The zero-order valence-corrected chi connectivity index (χ0v) is 16.7. The van der Waals surface area contributed by atoms with Crippen molar-refractivity contribution in [1.82, 2.24) is 10.2 Å². The molecule has 5 nitrogen and oxygen atoms in total. The summed E-state index contributed by atoms with van der Waals surface area (Å²) in [4.78, 5) is 29.9. The van der Waals surface area contributed by atoms with Crippen molar-refractivity contribution in [3.05, 3.63) is 64.2 Å². The Hall–Kier alpha value is -2.53. The number of carbonyl (C=O) groups is 2. The van der Waals surface area contributed by atoms with Gasteiger partial charge >= 0.3 is 0 Å².